The van der Waals surface area contributed by atoms with Crippen molar-refractivity contribution in [3.63, 3.8) is 0 Å². The number of aliphatic hydroxyl groups is 1. The molecule has 0 heterocycles. The topological polar surface area (TPSA) is 237 Å². The molecule has 0 aromatic rings. The van der Waals surface area contributed by atoms with Crippen LogP contribution in [0.1, 0.15) is 344 Å². The van der Waals surface area contributed by atoms with Crippen LogP contribution in [0.3, 0.4) is 0 Å². The lowest BCUT2D eigenvalue weighted by molar-refractivity contribution is -0.161. The largest absolute Gasteiger partial charge is 0.472 e. The molecule has 17 nitrogen and oxygen atoms in total. The Hall–Kier alpha value is -1.94. The quantitative estimate of drug-likeness (QED) is 0.0222. The van der Waals surface area contributed by atoms with Gasteiger partial charge in [0, 0.05) is 25.7 Å². The maximum Gasteiger partial charge on any atom is 0.472 e. The van der Waals surface area contributed by atoms with E-state index in [-0.39, 0.29) is 25.7 Å². The minimum absolute atomic E-state index is 0.102. The predicted molar refractivity (Wildman–Crippen MR) is 354 cm³/mol. The Bertz CT molecular complexity index is 1730. The van der Waals surface area contributed by atoms with Crippen LogP contribution < -0.4 is 0 Å². The summed E-state index contributed by atoms with van der Waals surface area (Å²) in [6, 6.07) is 0. The smallest absolute Gasteiger partial charge is 0.462 e. The van der Waals surface area contributed by atoms with Gasteiger partial charge >= 0.3 is 39.5 Å². The summed E-state index contributed by atoms with van der Waals surface area (Å²) < 4.78 is 68.1. The van der Waals surface area contributed by atoms with Crippen molar-refractivity contribution in [1.29, 1.82) is 0 Å². The maximum absolute atomic E-state index is 13.0. The predicted octanol–water partition coefficient (Wildman–Crippen LogP) is 19.5. The van der Waals surface area contributed by atoms with Crippen molar-refractivity contribution < 1.29 is 80.2 Å². The lowest BCUT2D eigenvalue weighted by Crippen LogP contribution is -2.30. The maximum atomic E-state index is 13.0. The highest BCUT2D eigenvalue weighted by Gasteiger charge is 2.30. The molecule has 0 radical (unpaired) electrons. The highest BCUT2D eigenvalue weighted by molar-refractivity contribution is 7.47. The SMILES string of the molecule is CCCCCCCCCC(=O)OC[C@H](COP(=O)(O)OC[C@H](O)COP(=O)(O)OC[C@@H](COC(=O)CCCCCCCCCCCCC(C)C)OC(=O)CCCCCCCCCCCCCCCCCC(C)C)OC(=O)CCCCCCCCC(C)CC. The summed E-state index contributed by atoms with van der Waals surface area (Å²) in [7, 11) is -9.89. The normalized spacial score (nSPS) is 14.5. The molecule has 0 fully saturated rings. The zero-order valence-corrected chi connectivity index (χ0v) is 59.0. The molecule has 0 aliphatic heterocycles. The van der Waals surface area contributed by atoms with Crippen LogP contribution in [0.2, 0.25) is 0 Å². The van der Waals surface area contributed by atoms with Gasteiger partial charge in [-0.3, -0.25) is 37.3 Å². The molecule has 522 valence electrons. The third-order valence-electron chi connectivity index (χ3n) is 16.2. The van der Waals surface area contributed by atoms with Crippen molar-refractivity contribution in [2.24, 2.45) is 17.8 Å². The van der Waals surface area contributed by atoms with E-state index in [1.54, 1.807) is 0 Å². The average Bonchev–Trinajstić information content (AvgIpc) is 3.57. The molecule has 0 aliphatic carbocycles. The Morgan fingerprint density at radius 2 is 0.580 bits per heavy atom. The number of aliphatic hydroxyl groups excluding tert-OH is 1. The van der Waals surface area contributed by atoms with Crippen LogP contribution >= 0.6 is 15.6 Å². The van der Waals surface area contributed by atoms with Gasteiger partial charge < -0.3 is 33.8 Å². The van der Waals surface area contributed by atoms with E-state index in [9.17, 15) is 43.2 Å². The second-order valence-electron chi connectivity index (χ2n) is 26.1. The summed E-state index contributed by atoms with van der Waals surface area (Å²) in [6.45, 7) is 11.8. The summed E-state index contributed by atoms with van der Waals surface area (Å²) in [6.07, 6.45) is 43.3. The number of esters is 4. The number of phosphoric ester groups is 2. The van der Waals surface area contributed by atoms with E-state index in [1.165, 1.54) is 141 Å². The molecule has 0 bridgehead atoms. The zero-order chi connectivity index (χ0) is 65.2. The summed E-state index contributed by atoms with van der Waals surface area (Å²) in [5.41, 5.74) is 0. The standard InChI is InChI=1S/C69H134O17P2/c1-8-10-11-12-26-36-43-50-66(71)79-56-65(86-69(74)53-46-39-32-31-35-42-49-62(7)9-2)59-84-88(77,78)82-55-63(70)54-81-87(75,76)83-58-64(57-80-67(72)51-44-37-29-24-21-20-23-28-34-41-48-61(5)6)85-68(73)52-45-38-30-25-19-17-15-13-14-16-18-22-27-33-40-47-60(3)4/h60-65,70H,8-59H2,1-7H3,(H,75,76)(H,77,78)/t62?,63-,64-,65-/m1/s1. The Morgan fingerprint density at radius 1 is 0.330 bits per heavy atom. The van der Waals surface area contributed by atoms with E-state index < -0.39 is 97.5 Å². The number of unbranched alkanes of at least 4 members (excludes halogenated alkanes) is 34. The number of hydrogen-bond donors (Lipinski definition) is 3. The molecule has 0 saturated carbocycles. The molecule has 3 unspecified atom stereocenters. The summed E-state index contributed by atoms with van der Waals surface area (Å²) >= 11 is 0. The van der Waals surface area contributed by atoms with Gasteiger partial charge in [-0.25, -0.2) is 9.13 Å². The fourth-order valence-corrected chi connectivity index (χ4v) is 11.9. The molecular weight excluding hydrogens is 1160 g/mol. The fraction of sp³-hybridized carbons (Fsp3) is 0.942. The number of rotatable bonds is 67. The number of carbonyl (C=O) groups excluding carboxylic acids is 4. The van der Waals surface area contributed by atoms with Crippen LogP contribution in [0.5, 0.6) is 0 Å². The van der Waals surface area contributed by atoms with Crippen molar-refractivity contribution in [2.75, 3.05) is 39.6 Å². The Labute approximate surface area is 537 Å². The van der Waals surface area contributed by atoms with Gasteiger partial charge in [-0.1, -0.05) is 292 Å². The molecular formula is C69H134O17P2. The Balaban J connectivity index is 5.20. The second kappa shape index (κ2) is 60.0. The van der Waals surface area contributed by atoms with E-state index in [0.29, 0.717) is 25.7 Å². The van der Waals surface area contributed by atoms with E-state index >= 15 is 0 Å². The van der Waals surface area contributed by atoms with Crippen LogP contribution in [0.4, 0.5) is 0 Å². The van der Waals surface area contributed by atoms with Gasteiger partial charge in [-0.2, -0.15) is 0 Å². The number of phosphoric acid groups is 2. The monoisotopic (exact) mass is 1300 g/mol. The molecule has 0 aromatic carbocycles. The molecule has 0 aromatic heterocycles. The highest BCUT2D eigenvalue weighted by atomic mass is 31.2. The minimum atomic E-state index is -4.95. The fourth-order valence-electron chi connectivity index (χ4n) is 10.3. The van der Waals surface area contributed by atoms with Crippen LogP contribution in [-0.4, -0.2) is 96.7 Å². The van der Waals surface area contributed by atoms with E-state index in [1.807, 2.05) is 0 Å². The van der Waals surface area contributed by atoms with Gasteiger partial charge in [0.05, 0.1) is 26.4 Å². The second-order valence-corrected chi connectivity index (χ2v) is 29.0. The van der Waals surface area contributed by atoms with Crippen LogP contribution in [0, 0.1) is 17.8 Å². The van der Waals surface area contributed by atoms with Gasteiger partial charge in [0.25, 0.3) is 0 Å². The van der Waals surface area contributed by atoms with Gasteiger partial charge in [0.1, 0.15) is 19.3 Å². The van der Waals surface area contributed by atoms with Crippen molar-refractivity contribution >= 4 is 39.5 Å². The van der Waals surface area contributed by atoms with Crippen LogP contribution in [-0.2, 0) is 65.4 Å². The van der Waals surface area contributed by atoms with Gasteiger partial charge in [-0.15, -0.1) is 0 Å². The average molecular weight is 1300 g/mol. The molecule has 0 spiro atoms. The van der Waals surface area contributed by atoms with E-state index in [2.05, 4.69) is 48.5 Å². The Morgan fingerprint density at radius 3 is 0.864 bits per heavy atom. The minimum Gasteiger partial charge on any atom is -0.462 e. The lowest BCUT2D eigenvalue weighted by atomic mass is 10.00. The third kappa shape index (κ3) is 61.6. The first-order valence-electron chi connectivity index (χ1n) is 35.9. The van der Waals surface area contributed by atoms with Crippen molar-refractivity contribution in [1.82, 2.24) is 0 Å². The van der Waals surface area contributed by atoms with E-state index in [0.717, 1.165) is 120 Å². The number of hydrogen-bond acceptors (Lipinski definition) is 15. The first kappa shape index (κ1) is 86.1. The van der Waals surface area contributed by atoms with Crippen molar-refractivity contribution in [2.45, 2.75) is 362 Å². The van der Waals surface area contributed by atoms with Crippen molar-refractivity contribution in [3.8, 4) is 0 Å². The molecule has 0 saturated heterocycles. The summed E-state index contributed by atoms with van der Waals surface area (Å²) in [5, 5.41) is 10.6. The van der Waals surface area contributed by atoms with Gasteiger partial charge in [-0.05, 0) is 43.4 Å². The number of carbonyl (C=O) groups is 4. The van der Waals surface area contributed by atoms with Crippen molar-refractivity contribution in [3.05, 3.63) is 0 Å². The highest BCUT2D eigenvalue weighted by Crippen LogP contribution is 2.45. The molecule has 6 atom stereocenters. The van der Waals surface area contributed by atoms with Gasteiger partial charge in [0.2, 0.25) is 0 Å². The molecule has 0 amide bonds. The van der Waals surface area contributed by atoms with Gasteiger partial charge in [0.15, 0.2) is 12.2 Å². The summed E-state index contributed by atoms with van der Waals surface area (Å²) in [5.74, 6) is 0.147. The summed E-state index contributed by atoms with van der Waals surface area (Å²) in [4.78, 5) is 72.3. The van der Waals surface area contributed by atoms with Crippen LogP contribution in [0.25, 0.3) is 0 Å². The first-order chi connectivity index (χ1) is 42.3. The molecule has 3 N–H and O–H groups in total. The van der Waals surface area contributed by atoms with Crippen LogP contribution in [0.15, 0.2) is 0 Å². The molecule has 19 heteroatoms. The number of ether oxygens (including phenoxy) is 4. The van der Waals surface area contributed by atoms with E-state index in [4.69, 9.17) is 37.0 Å². The molecule has 88 heavy (non-hydrogen) atoms. The molecule has 0 aliphatic rings. The lowest BCUT2D eigenvalue weighted by Gasteiger charge is -2.21. The third-order valence-corrected chi connectivity index (χ3v) is 18.1. The first-order valence-corrected chi connectivity index (χ1v) is 38.9. The Kier molecular flexibility index (Phi) is 58.7. The zero-order valence-electron chi connectivity index (χ0n) is 57.2. The molecule has 0 rings (SSSR count).